The van der Waals surface area contributed by atoms with Crippen LogP contribution in [0.1, 0.15) is 26.3 Å². The van der Waals surface area contributed by atoms with Crippen LogP contribution < -0.4 is 5.32 Å². The molecule has 7 nitrogen and oxygen atoms in total. The van der Waals surface area contributed by atoms with Gasteiger partial charge in [0.2, 0.25) is 0 Å². The number of nitrogens with one attached hydrogen (secondary N) is 1. The minimum atomic E-state index is -0.755. The molecule has 0 aliphatic rings. The zero-order valence-corrected chi connectivity index (χ0v) is 16.4. The first-order valence-electron chi connectivity index (χ1n) is 7.61. The SMILES string of the molecule is CCOC(=O)C(=CNc1ccc(COC(C)=O)cc1I)C(=O)OCC. The predicted octanol–water partition coefficient (Wildman–Crippen LogP) is 2.78. The van der Waals surface area contributed by atoms with Gasteiger partial charge in [0.05, 0.1) is 18.9 Å². The van der Waals surface area contributed by atoms with Crippen molar-refractivity contribution in [3.63, 3.8) is 0 Å². The molecule has 0 fully saturated rings. The molecule has 0 saturated carbocycles. The Balaban J connectivity index is 2.92. The number of carbonyl (C=O) groups excluding carboxylic acids is 3. The van der Waals surface area contributed by atoms with Gasteiger partial charge >= 0.3 is 17.9 Å². The zero-order valence-electron chi connectivity index (χ0n) is 14.3. The van der Waals surface area contributed by atoms with Crippen LogP contribution in [0.4, 0.5) is 5.69 Å². The number of esters is 3. The van der Waals surface area contributed by atoms with Crippen molar-refractivity contribution in [3.05, 3.63) is 39.1 Å². The summed E-state index contributed by atoms with van der Waals surface area (Å²) in [6, 6.07) is 5.36. The molecule has 0 radical (unpaired) electrons. The molecule has 1 aromatic rings. The lowest BCUT2D eigenvalue weighted by molar-refractivity contribution is -0.146. The Kier molecular flexibility index (Phi) is 8.96. The highest BCUT2D eigenvalue weighted by Crippen LogP contribution is 2.21. The van der Waals surface area contributed by atoms with Crippen molar-refractivity contribution in [2.45, 2.75) is 27.4 Å². The van der Waals surface area contributed by atoms with Crippen molar-refractivity contribution >= 4 is 46.2 Å². The molecule has 0 heterocycles. The average Bonchev–Trinajstić information content (AvgIpc) is 2.55. The summed E-state index contributed by atoms with van der Waals surface area (Å²) in [5, 5.41) is 2.90. The lowest BCUT2D eigenvalue weighted by atomic mass is 10.2. The third-order valence-corrected chi connectivity index (χ3v) is 3.73. The Morgan fingerprint density at radius 2 is 1.68 bits per heavy atom. The Labute approximate surface area is 159 Å². The fourth-order valence-corrected chi connectivity index (χ4v) is 2.45. The molecule has 0 aliphatic carbocycles. The van der Waals surface area contributed by atoms with Crippen molar-refractivity contribution in [1.29, 1.82) is 0 Å². The van der Waals surface area contributed by atoms with Crippen LogP contribution in [-0.2, 0) is 35.2 Å². The van der Waals surface area contributed by atoms with E-state index in [2.05, 4.69) is 27.9 Å². The molecule has 1 aromatic carbocycles. The fraction of sp³-hybridized carbons (Fsp3) is 0.353. The summed E-state index contributed by atoms with van der Waals surface area (Å²) in [5.74, 6) is -1.86. The number of rotatable bonds is 8. The summed E-state index contributed by atoms with van der Waals surface area (Å²) < 4.78 is 15.5. The van der Waals surface area contributed by atoms with Gasteiger partial charge in [0, 0.05) is 16.7 Å². The van der Waals surface area contributed by atoms with Crippen molar-refractivity contribution < 1.29 is 28.6 Å². The van der Waals surface area contributed by atoms with Gasteiger partial charge in [-0.05, 0) is 54.1 Å². The van der Waals surface area contributed by atoms with E-state index in [1.807, 2.05) is 6.07 Å². The van der Waals surface area contributed by atoms with Crippen LogP contribution in [0.15, 0.2) is 30.0 Å². The average molecular weight is 461 g/mol. The van der Waals surface area contributed by atoms with Crippen LogP contribution in [0.25, 0.3) is 0 Å². The van der Waals surface area contributed by atoms with Crippen molar-refractivity contribution in [2.75, 3.05) is 18.5 Å². The topological polar surface area (TPSA) is 90.9 Å². The quantitative estimate of drug-likeness (QED) is 0.159. The highest BCUT2D eigenvalue weighted by molar-refractivity contribution is 14.1. The largest absolute Gasteiger partial charge is 0.462 e. The molecule has 1 rings (SSSR count). The minimum Gasteiger partial charge on any atom is -0.462 e. The molecule has 25 heavy (non-hydrogen) atoms. The molecule has 0 atom stereocenters. The molecule has 0 bridgehead atoms. The van der Waals surface area contributed by atoms with Gasteiger partial charge in [0.15, 0.2) is 5.57 Å². The van der Waals surface area contributed by atoms with E-state index >= 15 is 0 Å². The van der Waals surface area contributed by atoms with Crippen LogP contribution >= 0.6 is 22.6 Å². The Morgan fingerprint density at radius 1 is 1.08 bits per heavy atom. The first-order valence-corrected chi connectivity index (χ1v) is 8.69. The molecule has 0 aliphatic heterocycles. The minimum absolute atomic E-state index is 0.151. The zero-order chi connectivity index (χ0) is 18.8. The molecule has 0 unspecified atom stereocenters. The summed E-state index contributed by atoms with van der Waals surface area (Å²) in [4.78, 5) is 34.6. The van der Waals surface area contributed by atoms with Crippen molar-refractivity contribution in [2.24, 2.45) is 0 Å². The highest BCUT2D eigenvalue weighted by Gasteiger charge is 2.21. The van der Waals surface area contributed by atoms with Gasteiger partial charge in [-0.15, -0.1) is 0 Å². The fourth-order valence-electron chi connectivity index (χ4n) is 1.72. The van der Waals surface area contributed by atoms with Gasteiger partial charge < -0.3 is 19.5 Å². The van der Waals surface area contributed by atoms with E-state index in [9.17, 15) is 14.4 Å². The second-order valence-electron chi connectivity index (χ2n) is 4.74. The van der Waals surface area contributed by atoms with Crippen LogP contribution in [0, 0.1) is 3.57 Å². The maximum absolute atomic E-state index is 11.9. The van der Waals surface area contributed by atoms with E-state index in [4.69, 9.17) is 14.2 Å². The van der Waals surface area contributed by atoms with Gasteiger partial charge in [-0.1, -0.05) is 6.07 Å². The number of halogens is 1. The Bertz CT molecular complexity index is 651. The third kappa shape index (κ3) is 7.12. The number of anilines is 1. The van der Waals surface area contributed by atoms with Gasteiger partial charge in [0.1, 0.15) is 6.61 Å². The molecule has 1 N–H and O–H groups in total. The molecular weight excluding hydrogens is 441 g/mol. The van der Waals surface area contributed by atoms with E-state index in [1.54, 1.807) is 26.0 Å². The molecule has 0 amide bonds. The molecule has 0 saturated heterocycles. The first-order chi connectivity index (χ1) is 11.9. The summed E-state index contributed by atoms with van der Waals surface area (Å²) in [5.41, 5.74) is 1.28. The third-order valence-electron chi connectivity index (χ3n) is 2.84. The van der Waals surface area contributed by atoms with Gasteiger partial charge in [0.25, 0.3) is 0 Å². The molecule has 136 valence electrons. The number of benzene rings is 1. The molecule has 0 spiro atoms. The smallest absolute Gasteiger partial charge is 0.347 e. The summed E-state index contributed by atoms with van der Waals surface area (Å²) in [6.07, 6.45) is 1.26. The van der Waals surface area contributed by atoms with Gasteiger partial charge in [-0.25, -0.2) is 9.59 Å². The standard InChI is InChI=1S/C17H20INO6/c1-4-23-16(21)13(17(22)24-5-2)9-19-15-7-6-12(8-14(15)18)10-25-11(3)20/h6-9,19H,4-5,10H2,1-3H3. The summed E-state index contributed by atoms with van der Waals surface area (Å²) in [6.45, 7) is 5.13. The second-order valence-corrected chi connectivity index (χ2v) is 5.90. The number of hydrogen-bond donors (Lipinski definition) is 1. The van der Waals surface area contributed by atoms with E-state index in [-0.39, 0.29) is 31.4 Å². The van der Waals surface area contributed by atoms with E-state index in [0.717, 1.165) is 9.13 Å². The van der Waals surface area contributed by atoms with Crippen LogP contribution in [-0.4, -0.2) is 31.1 Å². The molecular formula is C17H20INO6. The predicted molar refractivity (Wildman–Crippen MR) is 99.6 cm³/mol. The lowest BCUT2D eigenvalue weighted by Crippen LogP contribution is -2.19. The second kappa shape index (κ2) is 10.7. The lowest BCUT2D eigenvalue weighted by Gasteiger charge is -2.10. The maximum atomic E-state index is 11.9. The van der Waals surface area contributed by atoms with E-state index < -0.39 is 11.9 Å². The molecule has 8 heteroatoms. The van der Waals surface area contributed by atoms with Gasteiger partial charge in [-0.2, -0.15) is 0 Å². The Morgan fingerprint density at radius 3 is 2.16 bits per heavy atom. The Hall–Kier alpha value is -2.10. The van der Waals surface area contributed by atoms with Crippen LogP contribution in [0.5, 0.6) is 0 Å². The monoisotopic (exact) mass is 461 g/mol. The first kappa shape index (κ1) is 20.9. The van der Waals surface area contributed by atoms with E-state index in [0.29, 0.717) is 5.69 Å². The highest BCUT2D eigenvalue weighted by atomic mass is 127. The summed E-state index contributed by atoms with van der Waals surface area (Å²) in [7, 11) is 0. The van der Waals surface area contributed by atoms with E-state index in [1.165, 1.54) is 13.1 Å². The number of hydrogen-bond acceptors (Lipinski definition) is 7. The molecule has 0 aromatic heterocycles. The van der Waals surface area contributed by atoms with Crippen molar-refractivity contribution in [3.8, 4) is 0 Å². The van der Waals surface area contributed by atoms with Crippen molar-refractivity contribution in [1.82, 2.24) is 0 Å². The van der Waals surface area contributed by atoms with Gasteiger partial charge in [-0.3, -0.25) is 4.79 Å². The maximum Gasteiger partial charge on any atom is 0.347 e. The summed E-state index contributed by atoms with van der Waals surface area (Å²) >= 11 is 2.09. The normalized spacial score (nSPS) is 9.76. The van der Waals surface area contributed by atoms with Crippen LogP contribution in [0.2, 0.25) is 0 Å². The number of ether oxygens (including phenoxy) is 3. The number of carbonyl (C=O) groups is 3. The van der Waals surface area contributed by atoms with Crippen LogP contribution in [0.3, 0.4) is 0 Å².